The van der Waals surface area contributed by atoms with Crippen LogP contribution in [0.1, 0.15) is 10.4 Å². The van der Waals surface area contributed by atoms with Gasteiger partial charge in [0.1, 0.15) is 0 Å². The van der Waals surface area contributed by atoms with Crippen molar-refractivity contribution in [2.24, 2.45) is 0 Å². The van der Waals surface area contributed by atoms with Gasteiger partial charge in [0.25, 0.3) is 5.91 Å². The molecule has 1 heterocycles. The summed E-state index contributed by atoms with van der Waals surface area (Å²) in [4.78, 5) is 15.8. The predicted octanol–water partition coefficient (Wildman–Crippen LogP) is 3.22. The summed E-state index contributed by atoms with van der Waals surface area (Å²) in [5.74, 6) is -0.312. The van der Waals surface area contributed by atoms with Crippen molar-refractivity contribution >= 4 is 40.5 Å². The van der Waals surface area contributed by atoms with Crippen molar-refractivity contribution in [3.8, 4) is 0 Å². The van der Waals surface area contributed by atoms with Crippen molar-refractivity contribution in [1.29, 1.82) is 0 Å². The van der Waals surface area contributed by atoms with Gasteiger partial charge in [-0.2, -0.15) is 0 Å². The number of amides is 1. The summed E-state index contributed by atoms with van der Waals surface area (Å²) in [6, 6.07) is 6.22. The molecule has 1 aromatic carbocycles. The second kappa shape index (κ2) is 5.25. The van der Waals surface area contributed by atoms with Crippen LogP contribution in [0.4, 0.5) is 11.4 Å². The van der Waals surface area contributed by atoms with E-state index in [1.807, 2.05) is 0 Å². The van der Waals surface area contributed by atoms with E-state index in [0.29, 0.717) is 27.0 Å². The number of nitrogens with one attached hydrogen (secondary N) is 1. The molecule has 0 unspecified atom stereocenters. The molecule has 6 heteroatoms. The molecular formula is C12H9Cl2N3O. The van der Waals surface area contributed by atoms with Crippen molar-refractivity contribution in [2.45, 2.75) is 0 Å². The molecule has 0 atom stereocenters. The number of rotatable bonds is 2. The molecule has 0 aliphatic rings. The van der Waals surface area contributed by atoms with E-state index in [2.05, 4.69) is 10.3 Å². The van der Waals surface area contributed by atoms with Crippen LogP contribution in [-0.2, 0) is 0 Å². The first-order valence-corrected chi connectivity index (χ1v) is 5.79. The number of nitrogens with two attached hydrogens (primary N) is 1. The molecule has 92 valence electrons. The number of anilines is 2. The van der Waals surface area contributed by atoms with Crippen LogP contribution in [0.15, 0.2) is 36.7 Å². The number of aromatic nitrogens is 1. The molecule has 0 spiro atoms. The van der Waals surface area contributed by atoms with E-state index in [1.165, 1.54) is 24.5 Å². The van der Waals surface area contributed by atoms with Crippen molar-refractivity contribution in [3.63, 3.8) is 0 Å². The highest BCUT2D eigenvalue weighted by molar-refractivity contribution is 6.37. The number of hydrogen-bond donors (Lipinski definition) is 2. The van der Waals surface area contributed by atoms with E-state index in [0.717, 1.165) is 0 Å². The van der Waals surface area contributed by atoms with Gasteiger partial charge < -0.3 is 11.1 Å². The number of pyridine rings is 1. The van der Waals surface area contributed by atoms with Crippen LogP contribution < -0.4 is 11.1 Å². The minimum absolute atomic E-state index is 0.294. The maximum Gasteiger partial charge on any atom is 0.255 e. The molecule has 0 radical (unpaired) electrons. The molecule has 0 fully saturated rings. The fraction of sp³-hybridized carbons (Fsp3) is 0. The molecule has 18 heavy (non-hydrogen) atoms. The fourth-order valence-electron chi connectivity index (χ4n) is 1.41. The Bertz CT molecular complexity index is 564. The lowest BCUT2D eigenvalue weighted by Crippen LogP contribution is -2.13. The van der Waals surface area contributed by atoms with E-state index in [-0.39, 0.29) is 5.91 Å². The maximum atomic E-state index is 11.9. The van der Waals surface area contributed by atoms with Gasteiger partial charge in [-0.3, -0.25) is 9.78 Å². The SMILES string of the molecule is Nc1cc(Cl)cc(Cl)c1NC(=O)c1ccncc1. The summed E-state index contributed by atoms with van der Waals surface area (Å²) in [5, 5.41) is 3.35. The van der Waals surface area contributed by atoms with Crippen LogP contribution in [0, 0.1) is 0 Å². The van der Waals surface area contributed by atoms with Gasteiger partial charge in [0.2, 0.25) is 0 Å². The highest BCUT2D eigenvalue weighted by Crippen LogP contribution is 2.32. The summed E-state index contributed by atoms with van der Waals surface area (Å²) < 4.78 is 0. The summed E-state index contributed by atoms with van der Waals surface area (Å²) in [6.07, 6.45) is 3.06. The molecule has 0 aliphatic heterocycles. The minimum atomic E-state index is -0.312. The largest absolute Gasteiger partial charge is 0.397 e. The molecule has 0 aliphatic carbocycles. The van der Waals surface area contributed by atoms with Crippen LogP contribution >= 0.6 is 23.2 Å². The minimum Gasteiger partial charge on any atom is -0.397 e. The average Bonchev–Trinajstić information content (AvgIpc) is 2.34. The number of carbonyl (C=O) groups excluding carboxylic acids is 1. The first-order chi connectivity index (χ1) is 8.58. The number of nitrogens with zero attached hydrogens (tertiary/aromatic N) is 1. The molecule has 2 rings (SSSR count). The molecule has 0 bridgehead atoms. The zero-order valence-corrected chi connectivity index (χ0v) is 10.7. The summed E-state index contributed by atoms with van der Waals surface area (Å²) in [6.45, 7) is 0. The molecule has 1 aromatic heterocycles. The second-order valence-electron chi connectivity index (χ2n) is 3.54. The first-order valence-electron chi connectivity index (χ1n) is 5.04. The Hall–Kier alpha value is -1.78. The molecular weight excluding hydrogens is 273 g/mol. The molecule has 1 amide bonds. The lowest BCUT2D eigenvalue weighted by Gasteiger charge is -2.10. The van der Waals surface area contributed by atoms with E-state index in [1.54, 1.807) is 12.1 Å². The Morgan fingerprint density at radius 3 is 2.50 bits per heavy atom. The predicted molar refractivity (Wildman–Crippen MR) is 73.1 cm³/mol. The Morgan fingerprint density at radius 1 is 1.22 bits per heavy atom. The summed E-state index contributed by atoms with van der Waals surface area (Å²) in [7, 11) is 0. The normalized spacial score (nSPS) is 10.1. The van der Waals surface area contributed by atoms with Gasteiger partial charge >= 0.3 is 0 Å². The van der Waals surface area contributed by atoms with Crippen LogP contribution in [0.3, 0.4) is 0 Å². The van der Waals surface area contributed by atoms with Crippen LogP contribution in [-0.4, -0.2) is 10.9 Å². The quantitative estimate of drug-likeness (QED) is 0.831. The summed E-state index contributed by atoms with van der Waals surface area (Å²) in [5.41, 5.74) is 6.89. The third kappa shape index (κ3) is 2.72. The van der Waals surface area contributed by atoms with Gasteiger partial charge in [0, 0.05) is 23.0 Å². The van der Waals surface area contributed by atoms with Gasteiger partial charge in [0.15, 0.2) is 0 Å². The van der Waals surface area contributed by atoms with E-state index in [4.69, 9.17) is 28.9 Å². The van der Waals surface area contributed by atoms with Crippen molar-refractivity contribution in [2.75, 3.05) is 11.1 Å². The second-order valence-corrected chi connectivity index (χ2v) is 4.39. The molecule has 3 N–H and O–H groups in total. The van der Waals surface area contributed by atoms with E-state index in [9.17, 15) is 4.79 Å². The van der Waals surface area contributed by atoms with E-state index >= 15 is 0 Å². The van der Waals surface area contributed by atoms with Crippen LogP contribution in [0.5, 0.6) is 0 Å². The van der Waals surface area contributed by atoms with Gasteiger partial charge in [-0.05, 0) is 24.3 Å². The Kier molecular flexibility index (Phi) is 3.69. The molecule has 4 nitrogen and oxygen atoms in total. The molecule has 0 saturated heterocycles. The van der Waals surface area contributed by atoms with E-state index < -0.39 is 0 Å². The topological polar surface area (TPSA) is 68.0 Å². The number of benzene rings is 1. The van der Waals surface area contributed by atoms with Gasteiger partial charge in [-0.15, -0.1) is 0 Å². The van der Waals surface area contributed by atoms with Gasteiger partial charge in [0.05, 0.1) is 16.4 Å². The van der Waals surface area contributed by atoms with Crippen LogP contribution in [0.25, 0.3) is 0 Å². The lowest BCUT2D eigenvalue weighted by molar-refractivity contribution is 0.102. The number of carbonyl (C=O) groups is 1. The Morgan fingerprint density at radius 2 is 1.89 bits per heavy atom. The highest BCUT2D eigenvalue weighted by Gasteiger charge is 2.11. The van der Waals surface area contributed by atoms with Crippen LogP contribution in [0.2, 0.25) is 10.0 Å². The fourth-order valence-corrected chi connectivity index (χ4v) is 1.97. The van der Waals surface area contributed by atoms with Crippen molar-refractivity contribution in [1.82, 2.24) is 4.98 Å². The highest BCUT2D eigenvalue weighted by atomic mass is 35.5. The Labute approximate surface area is 114 Å². The molecule has 0 saturated carbocycles. The van der Waals surface area contributed by atoms with Gasteiger partial charge in [-0.1, -0.05) is 23.2 Å². The maximum absolute atomic E-state index is 11.9. The van der Waals surface area contributed by atoms with Crippen molar-refractivity contribution in [3.05, 3.63) is 52.3 Å². The molecule has 2 aromatic rings. The monoisotopic (exact) mass is 281 g/mol. The Balaban J connectivity index is 2.28. The smallest absolute Gasteiger partial charge is 0.255 e. The third-order valence-corrected chi connectivity index (χ3v) is 2.78. The zero-order chi connectivity index (χ0) is 13.1. The van der Waals surface area contributed by atoms with Gasteiger partial charge in [-0.25, -0.2) is 0 Å². The average molecular weight is 282 g/mol. The third-order valence-electron chi connectivity index (χ3n) is 2.27. The summed E-state index contributed by atoms with van der Waals surface area (Å²) >= 11 is 11.8. The number of hydrogen-bond acceptors (Lipinski definition) is 3. The first kappa shape index (κ1) is 12.7. The van der Waals surface area contributed by atoms with Crippen molar-refractivity contribution < 1.29 is 4.79 Å². The number of nitrogen functional groups attached to an aromatic ring is 1. The zero-order valence-electron chi connectivity index (χ0n) is 9.15. The number of halogens is 2. The lowest BCUT2D eigenvalue weighted by atomic mass is 10.2. The standard InChI is InChI=1S/C12H9Cl2N3O/c13-8-5-9(14)11(10(15)6-8)17-12(18)7-1-3-16-4-2-7/h1-6H,15H2,(H,17,18).